The van der Waals surface area contributed by atoms with Gasteiger partial charge in [0.05, 0.1) is 13.2 Å². The molecule has 0 spiro atoms. The molecule has 0 saturated heterocycles. The molecule has 3 heteroatoms. The Hall–Kier alpha value is -0.540. The smallest absolute Gasteiger partial charge is 0.125 e. The highest BCUT2D eigenvalue weighted by atomic mass is 79.9. The van der Waals surface area contributed by atoms with Gasteiger partial charge in [0.1, 0.15) is 5.75 Å². The molecule has 0 aliphatic heterocycles. The number of benzene rings is 1. The first-order chi connectivity index (χ1) is 6.49. The van der Waals surface area contributed by atoms with Crippen molar-refractivity contribution >= 4 is 15.9 Å². The molecule has 0 saturated carbocycles. The molecule has 0 bridgehead atoms. The second-order valence-electron chi connectivity index (χ2n) is 3.42. The summed E-state index contributed by atoms with van der Waals surface area (Å²) in [7, 11) is 1.65. The van der Waals surface area contributed by atoms with Crippen LogP contribution in [0.4, 0.5) is 0 Å². The van der Waals surface area contributed by atoms with Gasteiger partial charge in [0.25, 0.3) is 0 Å². The maximum atomic E-state index is 9.61. The van der Waals surface area contributed by atoms with E-state index in [0.717, 1.165) is 26.9 Å². The van der Waals surface area contributed by atoms with Crippen LogP contribution < -0.4 is 4.74 Å². The Balaban J connectivity index is 3.44. The zero-order valence-corrected chi connectivity index (χ0v) is 10.5. The number of aliphatic hydroxyl groups is 1. The first kappa shape index (κ1) is 11.5. The molecule has 1 atom stereocenters. The fraction of sp³-hybridized carbons (Fsp3) is 0.455. The number of hydrogen-bond acceptors (Lipinski definition) is 2. The third-order valence-electron chi connectivity index (χ3n) is 2.33. The highest BCUT2D eigenvalue weighted by molar-refractivity contribution is 9.10. The van der Waals surface area contributed by atoms with Gasteiger partial charge in [-0.2, -0.15) is 0 Å². The third-order valence-corrected chi connectivity index (χ3v) is 2.98. The van der Waals surface area contributed by atoms with Crippen LogP contribution in [0.1, 0.15) is 29.7 Å². The van der Waals surface area contributed by atoms with E-state index < -0.39 is 6.10 Å². The van der Waals surface area contributed by atoms with E-state index in [0.29, 0.717) is 0 Å². The van der Waals surface area contributed by atoms with Crippen molar-refractivity contribution in [2.75, 3.05) is 7.11 Å². The summed E-state index contributed by atoms with van der Waals surface area (Å²) < 4.78 is 6.22. The van der Waals surface area contributed by atoms with Crippen molar-refractivity contribution in [3.05, 3.63) is 27.2 Å². The van der Waals surface area contributed by atoms with Gasteiger partial charge in [-0.25, -0.2) is 0 Å². The largest absolute Gasteiger partial charge is 0.496 e. The van der Waals surface area contributed by atoms with Crippen LogP contribution in [0.2, 0.25) is 0 Å². The number of aryl methyl sites for hydroxylation is 1. The number of methoxy groups -OCH3 is 1. The molecule has 0 aromatic heterocycles. The highest BCUT2D eigenvalue weighted by Crippen LogP contribution is 2.35. The van der Waals surface area contributed by atoms with Crippen molar-refractivity contribution in [3.8, 4) is 5.75 Å². The second kappa shape index (κ2) is 4.32. The number of rotatable bonds is 2. The molecule has 78 valence electrons. The van der Waals surface area contributed by atoms with Crippen molar-refractivity contribution in [2.24, 2.45) is 0 Å². The monoisotopic (exact) mass is 258 g/mol. The number of hydrogen-bond donors (Lipinski definition) is 1. The van der Waals surface area contributed by atoms with Crippen molar-refractivity contribution < 1.29 is 9.84 Å². The number of ether oxygens (including phenoxy) is 1. The molecule has 0 amide bonds. The summed E-state index contributed by atoms with van der Waals surface area (Å²) in [4.78, 5) is 0. The summed E-state index contributed by atoms with van der Waals surface area (Å²) in [5.74, 6) is 0.851. The molecule has 1 rings (SSSR count). The molecule has 14 heavy (non-hydrogen) atoms. The zero-order chi connectivity index (χ0) is 10.9. The van der Waals surface area contributed by atoms with Gasteiger partial charge in [0, 0.05) is 10.0 Å². The fourth-order valence-corrected chi connectivity index (χ4v) is 2.73. The van der Waals surface area contributed by atoms with Crippen LogP contribution in [0.3, 0.4) is 0 Å². The minimum Gasteiger partial charge on any atom is -0.496 e. The van der Waals surface area contributed by atoms with E-state index in [1.807, 2.05) is 19.9 Å². The summed E-state index contributed by atoms with van der Waals surface area (Å²) in [6.07, 6.45) is -0.487. The Kier molecular flexibility index (Phi) is 3.56. The van der Waals surface area contributed by atoms with Gasteiger partial charge in [0.2, 0.25) is 0 Å². The van der Waals surface area contributed by atoms with Crippen LogP contribution in [0.5, 0.6) is 5.75 Å². The molecule has 0 aliphatic carbocycles. The van der Waals surface area contributed by atoms with Gasteiger partial charge in [0.15, 0.2) is 0 Å². The molecule has 0 radical (unpaired) electrons. The second-order valence-corrected chi connectivity index (χ2v) is 4.28. The zero-order valence-electron chi connectivity index (χ0n) is 8.89. The molecule has 2 nitrogen and oxygen atoms in total. The number of halogens is 1. The molecular weight excluding hydrogens is 244 g/mol. The molecule has 1 unspecified atom stereocenters. The Labute approximate surface area is 93.0 Å². The van der Waals surface area contributed by atoms with Crippen molar-refractivity contribution in [3.63, 3.8) is 0 Å². The lowest BCUT2D eigenvalue weighted by atomic mass is 10.0. The van der Waals surface area contributed by atoms with Gasteiger partial charge in [-0.15, -0.1) is 0 Å². The maximum absolute atomic E-state index is 9.61. The lowest BCUT2D eigenvalue weighted by Gasteiger charge is -2.17. The number of aliphatic hydroxyl groups excluding tert-OH is 1. The predicted molar refractivity (Wildman–Crippen MR) is 60.8 cm³/mol. The van der Waals surface area contributed by atoms with E-state index in [9.17, 15) is 5.11 Å². The van der Waals surface area contributed by atoms with Gasteiger partial charge in [-0.1, -0.05) is 15.9 Å². The maximum Gasteiger partial charge on any atom is 0.125 e. The lowest BCUT2D eigenvalue weighted by Crippen LogP contribution is -2.01. The van der Waals surface area contributed by atoms with E-state index in [4.69, 9.17) is 4.74 Å². The van der Waals surface area contributed by atoms with Crippen LogP contribution in [-0.2, 0) is 0 Å². The topological polar surface area (TPSA) is 29.5 Å². The summed E-state index contributed by atoms with van der Waals surface area (Å²) in [5, 5.41) is 9.61. The molecule has 0 heterocycles. The minimum absolute atomic E-state index is 0.487. The van der Waals surface area contributed by atoms with Gasteiger partial charge in [-0.05, 0) is 38.0 Å². The Bertz CT molecular complexity index is 346. The van der Waals surface area contributed by atoms with Crippen LogP contribution in [-0.4, -0.2) is 12.2 Å². The Morgan fingerprint density at radius 3 is 2.43 bits per heavy atom. The highest BCUT2D eigenvalue weighted by Gasteiger charge is 2.15. The Morgan fingerprint density at radius 1 is 1.43 bits per heavy atom. The molecule has 0 aliphatic rings. The quantitative estimate of drug-likeness (QED) is 0.884. The van der Waals surface area contributed by atoms with Crippen molar-refractivity contribution in [1.82, 2.24) is 0 Å². The van der Waals surface area contributed by atoms with Crippen LogP contribution in [0.25, 0.3) is 0 Å². The molecule has 0 fully saturated rings. The first-order valence-electron chi connectivity index (χ1n) is 4.50. The normalized spacial score (nSPS) is 12.7. The van der Waals surface area contributed by atoms with E-state index in [1.54, 1.807) is 14.0 Å². The van der Waals surface area contributed by atoms with E-state index in [-0.39, 0.29) is 0 Å². The van der Waals surface area contributed by atoms with E-state index in [2.05, 4.69) is 15.9 Å². The minimum atomic E-state index is -0.487. The molecule has 1 N–H and O–H groups in total. The summed E-state index contributed by atoms with van der Waals surface area (Å²) >= 11 is 3.45. The van der Waals surface area contributed by atoms with Crippen molar-refractivity contribution in [1.29, 1.82) is 0 Å². The average molecular weight is 259 g/mol. The van der Waals surface area contributed by atoms with Crippen molar-refractivity contribution in [2.45, 2.75) is 26.9 Å². The molecular formula is C11H15BrO2. The van der Waals surface area contributed by atoms with E-state index >= 15 is 0 Å². The SMILES string of the molecule is COc1c(C)cc(Br)c(C(C)O)c1C. The van der Waals surface area contributed by atoms with E-state index in [1.165, 1.54) is 0 Å². The summed E-state index contributed by atoms with van der Waals surface area (Å²) in [5.41, 5.74) is 2.96. The van der Waals surface area contributed by atoms with Gasteiger partial charge < -0.3 is 9.84 Å². The first-order valence-corrected chi connectivity index (χ1v) is 5.30. The predicted octanol–water partition coefficient (Wildman–Crippen LogP) is 3.13. The van der Waals surface area contributed by atoms with Gasteiger partial charge in [-0.3, -0.25) is 0 Å². The van der Waals surface area contributed by atoms with Crippen LogP contribution >= 0.6 is 15.9 Å². The average Bonchev–Trinajstić information content (AvgIpc) is 2.02. The van der Waals surface area contributed by atoms with Crippen LogP contribution in [0.15, 0.2) is 10.5 Å². The lowest BCUT2D eigenvalue weighted by molar-refractivity contribution is 0.197. The third kappa shape index (κ3) is 1.93. The van der Waals surface area contributed by atoms with Gasteiger partial charge >= 0.3 is 0 Å². The summed E-state index contributed by atoms with van der Waals surface area (Å²) in [6, 6.07) is 1.97. The Morgan fingerprint density at radius 2 is 2.00 bits per heavy atom. The summed E-state index contributed by atoms with van der Waals surface area (Å²) in [6.45, 7) is 5.70. The molecule has 1 aromatic rings. The standard InChI is InChI=1S/C11H15BrO2/c1-6-5-9(12)10(8(3)13)7(2)11(6)14-4/h5,8,13H,1-4H3. The van der Waals surface area contributed by atoms with Crippen LogP contribution in [0, 0.1) is 13.8 Å². The molecule has 1 aromatic carbocycles. The fourth-order valence-electron chi connectivity index (χ4n) is 1.76.